The van der Waals surface area contributed by atoms with E-state index >= 15 is 0 Å². The molecule has 0 aromatic heterocycles. The van der Waals surface area contributed by atoms with E-state index in [4.69, 9.17) is 11.6 Å². The molecule has 0 unspecified atom stereocenters. The number of piperidine rings is 1. The summed E-state index contributed by atoms with van der Waals surface area (Å²) in [6.07, 6.45) is 2.65. The fraction of sp³-hybridized carbons (Fsp3) is 0.818. The number of nitrogens with one attached hydrogen (secondary N) is 1. The van der Waals surface area contributed by atoms with Gasteiger partial charge in [-0.05, 0) is 57.9 Å². The van der Waals surface area contributed by atoms with Crippen LogP contribution in [-0.2, 0) is 0 Å². The van der Waals surface area contributed by atoms with E-state index in [0.29, 0.717) is 0 Å². The minimum Gasteiger partial charge on any atom is -0.313 e. The molecule has 1 N–H and O–H groups in total. The molecule has 0 saturated carbocycles. The number of hydrogen-bond acceptors (Lipinski definition) is 2. The molecule has 0 aromatic rings. The zero-order chi connectivity index (χ0) is 10.4. The lowest BCUT2D eigenvalue weighted by Crippen LogP contribution is -2.35. The Morgan fingerprint density at radius 1 is 1.50 bits per heavy atom. The van der Waals surface area contributed by atoms with Gasteiger partial charge in [0.2, 0.25) is 0 Å². The zero-order valence-corrected chi connectivity index (χ0v) is 9.98. The van der Waals surface area contributed by atoms with Gasteiger partial charge in [-0.15, -0.1) is 0 Å². The number of likely N-dealkylation sites (tertiary alicyclic amines) is 1. The molecule has 2 nitrogen and oxygen atoms in total. The Bertz CT molecular complexity index is 184. The quantitative estimate of drug-likeness (QED) is 0.774. The SMILES string of the molecule is CC(=CCl)CNCC1CCN(C)CC1. The van der Waals surface area contributed by atoms with Crippen molar-refractivity contribution in [3.63, 3.8) is 0 Å². The van der Waals surface area contributed by atoms with E-state index in [1.807, 2.05) is 0 Å². The smallest absolute Gasteiger partial charge is 0.0173 e. The first kappa shape index (κ1) is 12.0. The van der Waals surface area contributed by atoms with Crippen LogP contribution in [0, 0.1) is 5.92 Å². The topological polar surface area (TPSA) is 15.3 Å². The summed E-state index contributed by atoms with van der Waals surface area (Å²) < 4.78 is 0. The molecule has 0 aromatic carbocycles. The maximum absolute atomic E-state index is 5.58. The monoisotopic (exact) mass is 216 g/mol. The highest BCUT2D eigenvalue weighted by Crippen LogP contribution is 2.14. The summed E-state index contributed by atoms with van der Waals surface area (Å²) in [5.74, 6) is 0.856. The van der Waals surface area contributed by atoms with Crippen LogP contribution in [0.15, 0.2) is 11.1 Å². The van der Waals surface area contributed by atoms with E-state index in [2.05, 4.69) is 24.2 Å². The predicted molar refractivity (Wildman–Crippen MR) is 62.7 cm³/mol. The van der Waals surface area contributed by atoms with Crippen LogP contribution in [0.2, 0.25) is 0 Å². The third-order valence-corrected chi connectivity index (χ3v) is 3.23. The van der Waals surface area contributed by atoms with Crippen LogP contribution in [0.5, 0.6) is 0 Å². The summed E-state index contributed by atoms with van der Waals surface area (Å²) >= 11 is 5.58. The van der Waals surface area contributed by atoms with E-state index in [1.165, 1.54) is 31.5 Å². The minimum atomic E-state index is 0.856. The van der Waals surface area contributed by atoms with E-state index in [-0.39, 0.29) is 0 Å². The van der Waals surface area contributed by atoms with Gasteiger partial charge in [-0.25, -0.2) is 0 Å². The first-order valence-corrected chi connectivity index (χ1v) is 5.81. The van der Waals surface area contributed by atoms with Gasteiger partial charge < -0.3 is 10.2 Å². The molecule has 0 atom stereocenters. The summed E-state index contributed by atoms with van der Waals surface area (Å²) in [5, 5.41) is 3.45. The molecule has 3 heteroatoms. The van der Waals surface area contributed by atoms with Gasteiger partial charge in [-0.1, -0.05) is 11.6 Å². The van der Waals surface area contributed by atoms with Crippen molar-refractivity contribution in [1.29, 1.82) is 0 Å². The van der Waals surface area contributed by atoms with Crippen LogP contribution in [0.25, 0.3) is 0 Å². The molecule has 82 valence electrons. The van der Waals surface area contributed by atoms with Crippen molar-refractivity contribution < 1.29 is 0 Å². The molecule has 1 saturated heterocycles. The fourth-order valence-electron chi connectivity index (χ4n) is 1.78. The summed E-state index contributed by atoms with van der Waals surface area (Å²) in [4.78, 5) is 2.40. The second-order valence-corrected chi connectivity index (χ2v) is 4.55. The van der Waals surface area contributed by atoms with E-state index < -0.39 is 0 Å². The molecule has 1 aliphatic rings. The van der Waals surface area contributed by atoms with E-state index in [0.717, 1.165) is 19.0 Å². The number of rotatable bonds is 4. The first-order valence-electron chi connectivity index (χ1n) is 5.37. The maximum Gasteiger partial charge on any atom is 0.0173 e. The van der Waals surface area contributed by atoms with Crippen molar-refractivity contribution >= 4 is 11.6 Å². The predicted octanol–water partition coefficient (Wildman–Crippen LogP) is 2.06. The van der Waals surface area contributed by atoms with Crippen molar-refractivity contribution in [2.24, 2.45) is 5.92 Å². The van der Waals surface area contributed by atoms with Crippen molar-refractivity contribution in [3.8, 4) is 0 Å². The normalized spacial score (nSPS) is 21.5. The average Bonchev–Trinajstić information content (AvgIpc) is 2.21. The highest BCUT2D eigenvalue weighted by molar-refractivity contribution is 6.25. The average molecular weight is 217 g/mol. The molecule has 0 radical (unpaired) electrons. The van der Waals surface area contributed by atoms with Crippen molar-refractivity contribution in [2.75, 3.05) is 33.2 Å². The molecular weight excluding hydrogens is 196 g/mol. The maximum atomic E-state index is 5.58. The third-order valence-electron chi connectivity index (χ3n) is 2.86. The van der Waals surface area contributed by atoms with Gasteiger partial charge in [0.25, 0.3) is 0 Å². The largest absolute Gasteiger partial charge is 0.313 e. The molecule has 0 bridgehead atoms. The van der Waals surface area contributed by atoms with Gasteiger partial charge in [0.05, 0.1) is 0 Å². The van der Waals surface area contributed by atoms with E-state index in [1.54, 1.807) is 5.54 Å². The third kappa shape index (κ3) is 4.45. The highest BCUT2D eigenvalue weighted by atomic mass is 35.5. The molecule has 1 aliphatic heterocycles. The molecule has 1 heterocycles. The summed E-state index contributed by atoms with van der Waals surface area (Å²) in [7, 11) is 2.20. The minimum absolute atomic E-state index is 0.856. The van der Waals surface area contributed by atoms with Crippen LogP contribution in [0.4, 0.5) is 0 Å². The Kier molecular flexibility index (Phi) is 5.53. The highest BCUT2D eigenvalue weighted by Gasteiger charge is 2.15. The van der Waals surface area contributed by atoms with Crippen molar-refractivity contribution in [1.82, 2.24) is 10.2 Å². The molecular formula is C11H21ClN2. The Morgan fingerprint density at radius 3 is 2.71 bits per heavy atom. The van der Waals surface area contributed by atoms with E-state index in [9.17, 15) is 0 Å². The number of nitrogens with zero attached hydrogens (tertiary/aromatic N) is 1. The number of hydrogen-bond donors (Lipinski definition) is 1. The molecule has 0 aliphatic carbocycles. The van der Waals surface area contributed by atoms with Crippen LogP contribution in [-0.4, -0.2) is 38.1 Å². The Morgan fingerprint density at radius 2 is 2.14 bits per heavy atom. The van der Waals surface area contributed by atoms with Gasteiger partial charge in [-0.2, -0.15) is 0 Å². The Balaban J connectivity index is 2.07. The van der Waals surface area contributed by atoms with Crippen LogP contribution in [0.3, 0.4) is 0 Å². The number of halogens is 1. The van der Waals surface area contributed by atoms with Crippen LogP contribution >= 0.6 is 11.6 Å². The summed E-state index contributed by atoms with van der Waals surface area (Å²) in [6, 6.07) is 0. The fourth-order valence-corrected chi connectivity index (χ4v) is 1.86. The van der Waals surface area contributed by atoms with Crippen molar-refractivity contribution in [3.05, 3.63) is 11.1 Å². The van der Waals surface area contributed by atoms with Crippen LogP contribution < -0.4 is 5.32 Å². The lowest BCUT2D eigenvalue weighted by Gasteiger charge is -2.29. The molecule has 1 fully saturated rings. The second kappa shape index (κ2) is 6.44. The Labute approximate surface area is 92.3 Å². The van der Waals surface area contributed by atoms with Gasteiger partial charge in [0, 0.05) is 12.1 Å². The molecule has 1 rings (SSSR count). The van der Waals surface area contributed by atoms with Gasteiger partial charge >= 0.3 is 0 Å². The molecule has 0 spiro atoms. The van der Waals surface area contributed by atoms with Crippen LogP contribution in [0.1, 0.15) is 19.8 Å². The summed E-state index contributed by atoms with van der Waals surface area (Å²) in [5.41, 5.74) is 2.86. The first-order chi connectivity index (χ1) is 6.72. The zero-order valence-electron chi connectivity index (χ0n) is 9.22. The standard InChI is InChI=1S/C11H21ClN2/c1-10(7-12)8-13-9-11-3-5-14(2)6-4-11/h7,11,13H,3-6,8-9H2,1-2H3. The molecule has 14 heavy (non-hydrogen) atoms. The lowest BCUT2D eigenvalue weighted by molar-refractivity contribution is 0.217. The summed E-state index contributed by atoms with van der Waals surface area (Å²) in [6.45, 7) is 6.60. The molecule has 0 amide bonds. The Hall–Kier alpha value is -0.0500. The van der Waals surface area contributed by atoms with Crippen molar-refractivity contribution in [2.45, 2.75) is 19.8 Å². The van der Waals surface area contributed by atoms with Gasteiger partial charge in [-0.3, -0.25) is 0 Å². The lowest BCUT2D eigenvalue weighted by atomic mass is 9.97. The van der Waals surface area contributed by atoms with Gasteiger partial charge in [0.1, 0.15) is 0 Å². The van der Waals surface area contributed by atoms with Gasteiger partial charge in [0.15, 0.2) is 0 Å². The second-order valence-electron chi connectivity index (χ2n) is 4.33.